The van der Waals surface area contributed by atoms with E-state index >= 15 is 0 Å². The zero-order chi connectivity index (χ0) is 21.4. The normalized spacial score (nSPS) is 17.4. The van der Waals surface area contributed by atoms with Gasteiger partial charge in [0.05, 0.1) is 0 Å². The zero-order valence-corrected chi connectivity index (χ0v) is 25.9. The average Bonchev–Trinajstić information content (AvgIpc) is 2.46. The molecule has 0 radical (unpaired) electrons. The summed E-state index contributed by atoms with van der Waals surface area (Å²) in [5, 5.41) is 0. The van der Waals surface area contributed by atoms with Crippen molar-refractivity contribution in [2.75, 3.05) is 6.67 Å². The molecule has 1 fully saturated rings. The summed E-state index contributed by atoms with van der Waals surface area (Å²) in [4.78, 5) is 0. The largest absolute Gasteiger partial charge is 0.329 e. The molecule has 0 aromatic rings. The SMILES string of the molecule is CC(C)N.CC(C)N.CC(C)N1CN(C(C)C)[SiH2]N(C(C)C)[SiH2]1.Cl.Cl[SiH2]Cl. The number of nitrogens with two attached hydrogens (primary N) is 2. The second kappa shape index (κ2) is 22.0. The van der Waals surface area contributed by atoms with E-state index in [0.717, 1.165) is 6.04 Å². The molecular formula is C16H48Cl3N5Si3. The van der Waals surface area contributed by atoms with Crippen LogP contribution in [0.15, 0.2) is 0 Å². The molecule has 1 saturated heterocycles. The standard InChI is InChI=1S/C10H27N3Si2.2C3H9N.Cl2H2Si.ClH/c1-8(2)11-7-12(9(3)4)15-13(14-11)10(5)6;2*1-3(2)4;1-3-2;/h8-10H,7,14-15H2,1-6H3;2*3H,4H2,1-2H3;3H2;1H. The molecule has 0 atom stereocenters. The van der Waals surface area contributed by atoms with E-state index in [0.29, 0.717) is 24.2 Å². The minimum atomic E-state index is -0.639. The molecule has 0 spiro atoms. The van der Waals surface area contributed by atoms with Gasteiger partial charge in [-0.15, -0.1) is 12.4 Å². The van der Waals surface area contributed by atoms with Gasteiger partial charge in [0.15, 0.2) is 19.7 Å². The van der Waals surface area contributed by atoms with Gasteiger partial charge in [-0.05, 0) is 30.2 Å². The Labute approximate surface area is 192 Å². The minimum absolute atomic E-state index is 0. The maximum atomic E-state index is 5.11. The first-order valence-corrected chi connectivity index (χ1v) is 16.5. The van der Waals surface area contributed by atoms with Gasteiger partial charge in [0.1, 0.15) is 0 Å². The van der Waals surface area contributed by atoms with Crippen molar-refractivity contribution < 1.29 is 0 Å². The van der Waals surface area contributed by atoms with Gasteiger partial charge in [0, 0.05) is 6.67 Å². The van der Waals surface area contributed by atoms with Crippen molar-refractivity contribution in [3.8, 4) is 0 Å². The van der Waals surface area contributed by atoms with Crippen LogP contribution >= 0.6 is 34.6 Å². The molecule has 27 heavy (non-hydrogen) atoms. The highest BCUT2D eigenvalue weighted by Crippen LogP contribution is 2.12. The molecule has 0 aromatic carbocycles. The van der Waals surface area contributed by atoms with E-state index in [9.17, 15) is 0 Å². The van der Waals surface area contributed by atoms with Crippen molar-refractivity contribution in [2.45, 2.75) is 99.4 Å². The summed E-state index contributed by atoms with van der Waals surface area (Å²) < 4.78 is 8.22. The Kier molecular flexibility index (Phi) is 29.1. The Bertz CT molecular complexity index is 252. The first kappa shape index (κ1) is 35.7. The third-order valence-electron chi connectivity index (χ3n) is 3.28. The van der Waals surface area contributed by atoms with Crippen molar-refractivity contribution in [3.63, 3.8) is 0 Å². The van der Waals surface area contributed by atoms with Crippen LogP contribution in [0.3, 0.4) is 0 Å². The first-order valence-electron chi connectivity index (χ1n) is 9.65. The molecule has 0 bridgehead atoms. The van der Waals surface area contributed by atoms with Gasteiger partial charge >= 0.3 is 0 Å². The van der Waals surface area contributed by atoms with Crippen LogP contribution in [0.1, 0.15) is 69.2 Å². The molecule has 0 saturated carbocycles. The monoisotopic (exact) mass is 499 g/mol. The van der Waals surface area contributed by atoms with Crippen LogP contribution in [-0.4, -0.2) is 78.1 Å². The molecule has 4 N–H and O–H groups in total. The molecular weight excluding hydrogens is 453 g/mol. The minimum Gasteiger partial charge on any atom is -0.329 e. The molecule has 0 aromatic heterocycles. The van der Waals surface area contributed by atoms with Gasteiger partial charge in [0.25, 0.3) is 0 Å². The summed E-state index contributed by atoms with van der Waals surface area (Å²) in [6, 6.07) is 2.85. The highest BCUT2D eigenvalue weighted by molar-refractivity contribution is 7.22. The Morgan fingerprint density at radius 1 is 0.704 bits per heavy atom. The molecule has 1 heterocycles. The lowest BCUT2D eigenvalue weighted by Crippen LogP contribution is -2.63. The topological polar surface area (TPSA) is 61.8 Å². The maximum absolute atomic E-state index is 5.11. The number of hydrogen-bond donors (Lipinski definition) is 2. The Morgan fingerprint density at radius 2 is 0.926 bits per heavy atom. The molecule has 170 valence electrons. The lowest BCUT2D eigenvalue weighted by atomic mass is 10.4. The molecule has 0 amide bonds. The molecule has 1 rings (SSSR count). The van der Waals surface area contributed by atoms with Gasteiger partial charge < -0.3 is 24.8 Å². The van der Waals surface area contributed by atoms with Gasteiger partial charge in [0.2, 0.25) is 8.14 Å². The lowest BCUT2D eigenvalue weighted by molar-refractivity contribution is 0.191. The van der Waals surface area contributed by atoms with Crippen molar-refractivity contribution in [3.05, 3.63) is 0 Å². The fourth-order valence-corrected chi connectivity index (χ4v) is 6.93. The van der Waals surface area contributed by atoms with E-state index in [4.69, 9.17) is 33.6 Å². The number of nitrogens with zero attached hydrogens (tertiary/aromatic N) is 3. The van der Waals surface area contributed by atoms with E-state index in [1.165, 1.54) is 6.67 Å². The average molecular weight is 501 g/mol. The number of rotatable bonds is 3. The third kappa shape index (κ3) is 27.3. The number of halogens is 3. The van der Waals surface area contributed by atoms with E-state index in [1.54, 1.807) is 0 Å². The van der Waals surface area contributed by atoms with Crippen LogP contribution in [0.5, 0.6) is 0 Å². The van der Waals surface area contributed by atoms with Gasteiger partial charge in [-0.3, -0.25) is 0 Å². The van der Waals surface area contributed by atoms with Crippen LogP contribution in [0, 0.1) is 0 Å². The summed E-state index contributed by atoms with van der Waals surface area (Å²) in [6.45, 7) is 23.0. The summed E-state index contributed by atoms with van der Waals surface area (Å²) in [7, 11) is -0.910. The van der Waals surface area contributed by atoms with Crippen molar-refractivity contribution >= 4 is 62.4 Å². The van der Waals surface area contributed by atoms with E-state index in [2.05, 4.69) is 54.9 Å². The van der Waals surface area contributed by atoms with Gasteiger partial charge in [-0.2, -0.15) is 22.2 Å². The van der Waals surface area contributed by atoms with Crippen LogP contribution in [-0.2, 0) is 0 Å². The summed E-state index contributed by atoms with van der Waals surface area (Å²) in [5.74, 6) is 0. The van der Waals surface area contributed by atoms with Gasteiger partial charge in [-0.1, -0.05) is 69.2 Å². The summed E-state index contributed by atoms with van der Waals surface area (Å²) in [6.07, 6.45) is 0. The summed E-state index contributed by atoms with van der Waals surface area (Å²) >= 11 is 9.81. The quantitative estimate of drug-likeness (QED) is 0.456. The molecule has 5 nitrogen and oxygen atoms in total. The van der Waals surface area contributed by atoms with Crippen molar-refractivity contribution in [1.82, 2.24) is 13.4 Å². The Balaban J connectivity index is -0.000000183. The predicted molar refractivity (Wildman–Crippen MR) is 139 cm³/mol. The lowest BCUT2D eigenvalue weighted by Gasteiger charge is -2.47. The molecule has 11 heteroatoms. The van der Waals surface area contributed by atoms with Crippen molar-refractivity contribution in [2.24, 2.45) is 11.5 Å². The molecule has 0 unspecified atom stereocenters. The van der Waals surface area contributed by atoms with E-state index in [-0.39, 0.29) is 32.1 Å². The fourth-order valence-electron chi connectivity index (χ4n) is 1.81. The highest BCUT2D eigenvalue weighted by Gasteiger charge is 2.28. The zero-order valence-electron chi connectivity index (χ0n) is 19.4. The molecule has 1 aliphatic heterocycles. The smallest absolute Gasteiger partial charge is 0.222 e. The fraction of sp³-hybridized carbons (Fsp3) is 1.00. The van der Waals surface area contributed by atoms with Crippen LogP contribution < -0.4 is 11.5 Å². The van der Waals surface area contributed by atoms with Crippen LogP contribution in [0.4, 0.5) is 0 Å². The van der Waals surface area contributed by atoms with Crippen LogP contribution in [0.25, 0.3) is 0 Å². The van der Waals surface area contributed by atoms with Crippen LogP contribution in [0.2, 0.25) is 0 Å². The Hall–Kier alpha value is 1.32. The second-order valence-corrected chi connectivity index (χ2v) is 15.4. The predicted octanol–water partition coefficient (Wildman–Crippen LogP) is 1.68. The maximum Gasteiger partial charge on any atom is 0.222 e. The number of hydrogen-bond acceptors (Lipinski definition) is 5. The second-order valence-electron chi connectivity index (χ2n) is 8.06. The Morgan fingerprint density at radius 3 is 1.07 bits per heavy atom. The highest BCUT2D eigenvalue weighted by atomic mass is 35.7. The first-order chi connectivity index (χ1) is 11.8. The molecule has 0 aliphatic carbocycles. The van der Waals surface area contributed by atoms with Gasteiger partial charge in [-0.25, -0.2) is 0 Å². The van der Waals surface area contributed by atoms with E-state index < -0.39 is 8.14 Å². The molecule has 1 aliphatic rings. The summed E-state index contributed by atoms with van der Waals surface area (Å²) in [5.41, 5.74) is 10.2. The third-order valence-corrected chi connectivity index (χ3v) is 9.26. The van der Waals surface area contributed by atoms with Crippen molar-refractivity contribution in [1.29, 1.82) is 0 Å². The van der Waals surface area contributed by atoms with E-state index in [1.807, 2.05) is 27.7 Å².